The van der Waals surface area contributed by atoms with E-state index >= 15 is 0 Å². The summed E-state index contributed by atoms with van der Waals surface area (Å²) in [4.78, 5) is 16.6. The summed E-state index contributed by atoms with van der Waals surface area (Å²) in [5, 5.41) is 4.36. The van der Waals surface area contributed by atoms with E-state index in [-0.39, 0.29) is 5.78 Å². The zero-order chi connectivity index (χ0) is 17.9. The average Bonchev–Trinajstić information content (AvgIpc) is 3.12. The van der Waals surface area contributed by atoms with Crippen molar-refractivity contribution in [3.05, 3.63) is 102 Å². The molecule has 2 N–H and O–H groups in total. The second kappa shape index (κ2) is 6.89. The Labute approximate surface area is 152 Å². The monoisotopic (exact) mass is 340 g/mol. The molecule has 0 fully saturated rings. The third-order valence-electron chi connectivity index (χ3n) is 4.61. The fourth-order valence-corrected chi connectivity index (χ4v) is 3.19. The second-order valence-electron chi connectivity index (χ2n) is 6.47. The molecule has 0 radical (unpaired) electrons. The zero-order valence-electron chi connectivity index (χ0n) is 14.6. The van der Waals surface area contributed by atoms with Crippen LogP contribution in [0.15, 0.2) is 85.1 Å². The number of hydrogen-bond donors (Lipinski definition) is 2. The van der Waals surface area contributed by atoms with E-state index in [1.165, 1.54) is 5.56 Å². The van der Waals surface area contributed by atoms with Crippen molar-refractivity contribution < 1.29 is 4.79 Å². The molecular weight excluding hydrogens is 320 g/mol. The molecule has 0 aliphatic carbocycles. The predicted octanol–water partition coefficient (Wildman–Crippen LogP) is 5.51. The number of rotatable bonds is 5. The number of aromatic amines is 1. The van der Waals surface area contributed by atoms with Crippen LogP contribution in [0.1, 0.15) is 27.5 Å². The minimum Gasteiger partial charge on any atom is -0.371 e. The minimum atomic E-state index is -0.446. The summed E-state index contributed by atoms with van der Waals surface area (Å²) in [5.41, 5.74) is 4.74. The molecule has 3 heteroatoms. The maximum atomic E-state index is 13.4. The van der Waals surface area contributed by atoms with Gasteiger partial charge in [-0.05, 0) is 30.7 Å². The van der Waals surface area contributed by atoms with Crippen LogP contribution in [-0.2, 0) is 0 Å². The number of para-hydroxylation sites is 1. The zero-order valence-corrected chi connectivity index (χ0v) is 14.6. The molecule has 0 unspecified atom stereocenters. The molecule has 128 valence electrons. The summed E-state index contributed by atoms with van der Waals surface area (Å²) in [6.45, 7) is 2.05. The Bertz CT molecular complexity index is 1030. The third-order valence-corrected chi connectivity index (χ3v) is 4.61. The molecule has 4 aromatic rings. The maximum absolute atomic E-state index is 13.4. The van der Waals surface area contributed by atoms with E-state index in [9.17, 15) is 4.79 Å². The number of nitrogens with one attached hydrogen (secondary N) is 2. The van der Waals surface area contributed by atoms with Crippen LogP contribution in [0.4, 0.5) is 5.69 Å². The summed E-state index contributed by atoms with van der Waals surface area (Å²) < 4.78 is 0. The molecule has 0 spiro atoms. The Hall–Kier alpha value is -3.33. The van der Waals surface area contributed by atoms with E-state index in [0.29, 0.717) is 5.56 Å². The maximum Gasteiger partial charge on any atom is 0.191 e. The van der Waals surface area contributed by atoms with Gasteiger partial charge in [-0.15, -0.1) is 0 Å². The molecule has 0 amide bonds. The summed E-state index contributed by atoms with van der Waals surface area (Å²) in [5.74, 6) is 0.0502. The van der Waals surface area contributed by atoms with E-state index in [0.717, 1.165) is 22.2 Å². The molecule has 0 saturated carbocycles. The summed E-state index contributed by atoms with van der Waals surface area (Å²) in [6, 6.07) is 25.4. The van der Waals surface area contributed by atoms with Crippen LogP contribution >= 0.6 is 0 Å². The van der Waals surface area contributed by atoms with Crippen molar-refractivity contribution in [3.8, 4) is 0 Å². The van der Waals surface area contributed by atoms with Gasteiger partial charge < -0.3 is 10.3 Å². The van der Waals surface area contributed by atoms with E-state index < -0.39 is 6.04 Å². The predicted molar refractivity (Wildman–Crippen MR) is 107 cm³/mol. The number of carbonyl (C=O) groups excluding carboxylic acids is 1. The molecule has 0 aliphatic heterocycles. The number of ketones is 1. The number of hydrogen-bond acceptors (Lipinski definition) is 2. The van der Waals surface area contributed by atoms with Gasteiger partial charge in [0.15, 0.2) is 5.78 Å². The molecule has 3 aromatic carbocycles. The summed E-state index contributed by atoms with van der Waals surface area (Å²) in [6.07, 6.45) is 1.81. The highest BCUT2D eigenvalue weighted by molar-refractivity contribution is 6.11. The Morgan fingerprint density at radius 3 is 2.35 bits per heavy atom. The molecule has 4 rings (SSSR count). The highest BCUT2D eigenvalue weighted by Crippen LogP contribution is 2.27. The highest BCUT2D eigenvalue weighted by Gasteiger charge is 2.24. The van der Waals surface area contributed by atoms with Gasteiger partial charge >= 0.3 is 0 Å². The van der Waals surface area contributed by atoms with Gasteiger partial charge in [0, 0.05) is 28.4 Å². The Kier molecular flexibility index (Phi) is 4.28. The van der Waals surface area contributed by atoms with Crippen molar-refractivity contribution in [3.63, 3.8) is 0 Å². The van der Waals surface area contributed by atoms with Crippen LogP contribution in [0, 0.1) is 6.92 Å². The normalized spacial score (nSPS) is 12.0. The quantitative estimate of drug-likeness (QED) is 0.470. The van der Waals surface area contributed by atoms with Crippen LogP contribution < -0.4 is 5.32 Å². The molecular formula is C23H20N2O. The minimum absolute atomic E-state index is 0.0502. The molecule has 0 saturated heterocycles. The lowest BCUT2D eigenvalue weighted by Gasteiger charge is -2.19. The molecule has 1 atom stereocenters. The fourth-order valence-electron chi connectivity index (χ4n) is 3.19. The number of aryl methyl sites for hydroxylation is 1. The van der Waals surface area contributed by atoms with Crippen LogP contribution in [0.5, 0.6) is 0 Å². The van der Waals surface area contributed by atoms with Crippen LogP contribution in [0.2, 0.25) is 0 Å². The van der Waals surface area contributed by atoms with Gasteiger partial charge in [0.25, 0.3) is 0 Å². The van der Waals surface area contributed by atoms with Crippen molar-refractivity contribution in [2.75, 3.05) is 5.32 Å². The van der Waals surface area contributed by atoms with Gasteiger partial charge in [-0.1, -0.05) is 66.2 Å². The van der Waals surface area contributed by atoms with Crippen molar-refractivity contribution in [2.45, 2.75) is 13.0 Å². The van der Waals surface area contributed by atoms with Crippen LogP contribution in [0.25, 0.3) is 10.9 Å². The first-order chi connectivity index (χ1) is 12.7. The number of aromatic nitrogens is 1. The largest absolute Gasteiger partial charge is 0.371 e. The molecule has 3 nitrogen and oxygen atoms in total. The molecule has 0 aliphatic rings. The number of fused-ring (bicyclic) bond motifs is 1. The standard InChI is InChI=1S/C23H20N2O/c1-16-11-13-18(14-12-16)25-22(17-7-3-2-4-8-17)23(26)20-15-24-21-10-6-5-9-19(20)21/h2-15,22,24-25H,1H3/t22-/m0/s1. The number of Topliss-reactive ketones (excluding diaryl/α,β-unsaturated/α-hetero) is 1. The molecule has 0 bridgehead atoms. The first kappa shape index (κ1) is 16.2. The van der Waals surface area contributed by atoms with Crippen molar-refractivity contribution >= 4 is 22.4 Å². The first-order valence-electron chi connectivity index (χ1n) is 8.71. The van der Waals surface area contributed by atoms with Gasteiger partial charge in [0.2, 0.25) is 0 Å². The van der Waals surface area contributed by atoms with Gasteiger partial charge in [-0.2, -0.15) is 0 Å². The molecule has 1 heterocycles. The lowest BCUT2D eigenvalue weighted by molar-refractivity contribution is 0.0971. The molecule has 1 aromatic heterocycles. The summed E-state index contributed by atoms with van der Waals surface area (Å²) >= 11 is 0. The van der Waals surface area contributed by atoms with E-state index in [1.807, 2.05) is 78.9 Å². The van der Waals surface area contributed by atoms with E-state index in [4.69, 9.17) is 0 Å². The Morgan fingerprint density at radius 2 is 1.58 bits per heavy atom. The number of H-pyrrole nitrogens is 1. The van der Waals surface area contributed by atoms with Crippen LogP contribution in [-0.4, -0.2) is 10.8 Å². The van der Waals surface area contributed by atoms with E-state index in [1.54, 1.807) is 6.20 Å². The topological polar surface area (TPSA) is 44.9 Å². The Balaban J connectivity index is 1.74. The first-order valence-corrected chi connectivity index (χ1v) is 8.71. The number of anilines is 1. The summed E-state index contributed by atoms with van der Waals surface area (Å²) in [7, 11) is 0. The second-order valence-corrected chi connectivity index (χ2v) is 6.47. The average molecular weight is 340 g/mol. The third kappa shape index (κ3) is 3.11. The highest BCUT2D eigenvalue weighted by atomic mass is 16.1. The van der Waals surface area contributed by atoms with Gasteiger partial charge in [-0.25, -0.2) is 0 Å². The van der Waals surface area contributed by atoms with Crippen molar-refractivity contribution in [2.24, 2.45) is 0 Å². The lowest BCUT2D eigenvalue weighted by atomic mass is 9.96. The van der Waals surface area contributed by atoms with Gasteiger partial charge in [-0.3, -0.25) is 4.79 Å². The number of benzene rings is 3. The smallest absolute Gasteiger partial charge is 0.191 e. The van der Waals surface area contributed by atoms with Crippen molar-refractivity contribution in [1.29, 1.82) is 0 Å². The Morgan fingerprint density at radius 1 is 0.885 bits per heavy atom. The van der Waals surface area contributed by atoms with Gasteiger partial charge in [0.1, 0.15) is 6.04 Å². The number of carbonyl (C=O) groups is 1. The van der Waals surface area contributed by atoms with Crippen molar-refractivity contribution in [1.82, 2.24) is 4.98 Å². The van der Waals surface area contributed by atoms with E-state index in [2.05, 4.69) is 17.2 Å². The fraction of sp³-hybridized carbons (Fsp3) is 0.0870. The lowest BCUT2D eigenvalue weighted by Crippen LogP contribution is -2.21. The SMILES string of the molecule is Cc1ccc(N[C@H](C(=O)c2c[nH]c3ccccc23)c2ccccc2)cc1. The van der Waals surface area contributed by atoms with Crippen LogP contribution in [0.3, 0.4) is 0 Å². The van der Waals surface area contributed by atoms with Gasteiger partial charge in [0.05, 0.1) is 0 Å². The molecule has 26 heavy (non-hydrogen) atoms.